The zero-order valence-corrected chi connectivity index (χ0v) is 12.7. The number of benzene rings is 1. The lowest BCUT2D eigenvalue weighted by Crippen LogP contribution is -2.42. The van der Waals surface area contributed by atoms with Gasteiger partial charge in [-0.1, -0.05) is 6.92 Å². The van der Waals surface area contributed by atoms with Gasteiger partial charge >= 0.3 is 0 Å². The predicted octanol–water partition coefficient (Wildman–Crippen LogP) is 2.16. The van der Waals surface area contributed by atoms with E-state index in [1.807, 2.05) is 6.92 Å². The Morgan fingerprint density at radius 1 is 1.14 bits per heavy atom. The molecule has 2 N–H and O–H groups in total. The van der Waals surface area contributed by atoms with Crippen molar-refractivity contribution in [2.24, 2.45) is 0 Å². The number of hydrogen-bond acceptors (Lipinski definition) is 3. The second-order valence-corrected chi connectivity index (χ2v) is 6.98. The van der Waals surface area contributed by atoms with Gasteiger partial charge in [0.1, 0.15) is 16.5 Å². The van der Waals surface area contributed by atoms with E-state index in [2.05, 4.69) is 10.0 Å². The van der Waals surface area contributed by atoms with Gasteiger partial charge in [-0.2, -0.15) is 0 Å². The van der Waals surface area contributed by atoms with Crippen LogP contribution in [0.15, 0.2) is 23.1 Å². The summed E-state index contributed by atoms with van der Waals surface area (Å²) in [5.74, 6) is -1.71. The van der Waals surface area contributed by atoms with E-state index in [1.54, 1.807) is 0 Å². The summed E-state index contributed by atoms with van der Waals surface area (Å²) in [4.78, 5) is -0.628. The van der Waals surface area contributed by atoms with Crippen LogP contribution in [0.25, 0.3) is 0 Å². The Hall–Kier alpha value is -1.05. The Bertz CT molecular complexity index is 585. The maximum Gasteiger partial charge on any atom is 0.243 e. The van der Waals surface area contributed by atoms with Gasteiger partial charge in [0, 0.05) is 12.1 Å². The van der Waals surface area contributed by atoms with Crippen LogP contribution in [-0.4, -0.2) is 27.0 Å². The minimum absolute atomic E-state index is 0.229. The molecule has 4 nitrogen and oxygen atoms in total. The first-order valence-electron chi connectivity index (χ1n) is 7.13. The lowest BCUT2D eigenvalue weighted by atomic mass is 9.92. The van der Waals surface area contributed by atoms with Crippen molar-refractivity contribution in [3.8, 4) is 0 Å². The first kappa shape index (κ1) is 16.3. The highest BCUT2D eigenvalue weighted by molar-refractivity contribution is 7.89. The highest BCUT2D eigenvalue weighted by Crippen LogP contribution is 2.22. The molecule has 1 saturated carbocycles. The third kappa shape index (κ3) is 4.21. The van der Waals surface area contributed by atoms with Crippen molar-refractivity contribution in [1.29, 1.82) is 0 Å². The fourth-order valence-corrected chi connectivity index (χ4v) is 4.06. The van der Waals surface area contributed by atoms with Gasteiger partial charge in [0.2, 0.25) is 10.0 Å². The Morgan fingerprint density at radius 2 is 1.76 bits per heavy atom. The average Bonchev–Trinajstić information content (AvgIpc) is 2.43. The number of halogens is 2. The maximum atomic E-state index is 13.6. The molecule has 2 rings (SSSR count). The molecule has 1 fully saturated rings. The van der Waals surface area contributed by atoms with Gasteiger partial charge in [-0.15, -0.1) is 0 Å². The molecule has 0 atom stereocenters. The highest BCUT2D eigenvalue weighted by Gasteiger charge is 2.27. The maximum absolute atomic E-state index is 13.6. The fourth-order valence-electron chi connectivity index (χ4n) is 2.67. The molecule has 1 aliphatic carbocycles. The smallest absolute Gasteiger partial charge is 0.243 e. The summed E-state index contributed by atoms with van der Waals surface area (Å²) in [6.45, 7) is 2.91. The largest absolute Gasteiger partial charge is 0.314 e. The van der Waals surface area contributed by atoms with Crippen molar-refractivity contribution >= 4 is 10.0 Å². The first-order valence-corrected chi connectivity index (χ1v) is 8.61. The average molecular weight is 318 g/mol. The summed E-state index contributed by atoms with van der Waals surface area (Å²) in [7, 11) is -4.03. The van der Waals surface area contributed by atoms with E-state index >= 15 is 0 Å². The van der Waals surface area contributed by atoms with Crippen LogP contribution in [0.3, 0.4) is 0 Å². The molecule has 0 aliphatic heterocycles. The second kappa shape index (κ2) is 6.81. The van der Waals surface area contributed by atoms with Crippen LogP contribution in [0.2, 0.25) is 0 Å². The molecule has 21 heavy (non-hydrogen) atoms. The molecule has 0 spiro atoms. The Labute approximate surface area is 124 Å². The Kier molecular flexibility index (Phi) is 5.29. The zero-order chi connectivity index (χ0) is 15.5. The van der Waals surface area contributed by atoms with Crippen LogP contribution in [-0.2, 0) is 10.0 Å². The summed E-state index contributed by atoms with van der Waals surface area (Å²) >= 11 is 0. The topological polar surface area (TPSA) is 58.2 Å². The molecular formula is C14H20F2N2O2S. The molecule has 118 valence electrons. The summed E-state index contributed by atoms with van der Waals surface area (Å²) in [5.41, 5.74) is 0. The van der Waals surface area contributed by atoms with E-state index in [0.29, 0.717) is 24.9 Å². The molecule has 1 aromatic rings. The van der Waals surface area contributed by atoms with Crippen molar-refractivity contribution in [2.75, 3.05) is 6.54 Å². The minimum atomic E-state index is -4.03. The van der Waals surface area contributed by atoms with E-state index in [9.17, 15) is 17.2 Å². The third-order valence-corrected chi connectivity index (χ3v) is 5.26. The minimum Gasteiger partial charge on any atom is -0.314 e. The Morgan fingerprint density at radius 3 is 2.38 bits per heavy atom. The number of nitrogens with one attached hydrogen (secondary N) is 2. The molecule has 0 bridgehead atoms. The quantitative estimate of drug-likeness (QED) is 0.875. The number of sulfonamides is 1. The van der Waals surface area contributed by atoms with Gasteiger partial charge < -0.3 is 5.32 Å². The summed E-state index contributed by atoms with van der Waals surface area (Å²) < 4.78 is 53.5. The Balaban J connectivity index is 2.04. The highest BCUT2D eigenvalue weighted by atomic mass is 32.2. The predicted molar refractivity (Wildman–Crippen MR) is 76.4 cm³/mol. The molecule has 0 heterocycles. The third-order valence-electron chi connectivity index (χ3n) is 3.72. The normalized spacial score (nSPS) is 23.2. The van der Waals surface area contributed by atoms with Gasteiger partial charge in [0.15, 0.2) is 0 Å². The van der Waals surface area contributed by atoms with E-state index in [1.165, 1.54) is 0 Å². The molecule has 1 aliphatic rings. The summed E-state index contributed by atoms with van der Waals surface area (Å²) in [6, 6.07) is 2.61. The number of hydrogen-bond donors (Lipinski definition) is 2. The summed E-state index contributed by atoms with van der Waals surface area (Å²) in [6.07, 6.45) is 3.11. The van der Waals surface area contributed by atoms with Crippen LogP contribution in [0, 0.1) is 11.6 Å². The van der Waals surface area contributed by atoms with Crippen LogP contribution < -0.4 is 10.0 Å². The van der Waals surface area contributed by atoms with Gasteiger partial charge in [-0.25, -0.2) is 21.9 Å². The fraction of sp³-hybridized carbons (Fsp3) is 0.571. The van der Waals surface area contributed by atoms with Crippen molar-refractivity contribution < 1.29 is 17.2 Å². The molecule has 0 radical (unpaired) electrons. The van der Waals surface area contributed by atoms with Crippen LogP contribution in [0.1, 0.15) is 32.6 Å². The summed E-state index contributed by atoms with van der Waals surface area (Å²) in [5, 5.41) is 3.33. The molecule has 0 aromatic heterocycles. The monoisotopic (exact) mass is 318 g/mol. The number of rotatable bonds is 5. The van der Waals surface area contributed by atoms with E-state index in [4.69, 9.17) is 0 Å². The standard InChI is InChI=1S/C14H20F2N2O2S/c1-2-17-11-4-6-12(7-5-11)18-21(19,20)14-9-10(15)3-8-13(14)16/h3,8-9,11-12,17-18H,2,4-7H2,1H3. The van der Waals surface area contributed by atoms with Gasteiger partial charge in [0.05, 0.1) is 0 Å². The lowest BCUT2D eigenvalue weighted by molar-refractivity contribution is 0.333. The SMILES string of the molecule is CCNC1CCC(NS(=O)(=O)c2cc(F)ccc2F)CC1. The van der Waals surface area contributed by atoms with Crippen molar-refractivity contribution in [3.05, 3.63) is 29.8 Å². The van der Waals surface area contributed by atoms with Crippen molar-refractivity contribution in [2.45, 2.75) is 49.6 Å². The molecule has 0 unspecified atom stereocenters. The zero-order valence-electron chi connectivity index (χ0n) is 11.9. The van der Waals surface area contributed by atoms with Gasteiger partial charge in [0.25, 0.3) is 0 Å². The lowest BCUT2D eigenvalue weighted by Gasteiger charge is -2.29. The van der Waals surface area contributed by atoms with Crippen LogP contribution in [0.4, 0.5) is 8.78 Å². The van der Waals surface area contributed by atoms with E-state index < -0.39 is 26.6 Å². The van der Waals surface area contributed by atoms with Crippen LogP contribution >= 0.6 is 0 Å². The van der Waals surface area contributed by atoms with Crippen molar-refractivity contribution in [1.82, 2.24) is 10.0 Å². The van der Waals surface area contributed by atoms with Crippen LogP contribution in [0.5, 0.6) is 0 Å². The molecule has 0 saturated heterocycles. The molecule has 0 amide bonds. The molecular weight excluding hydrogens is 298 g/mol. The molecule has 7 heteroatoms. The van der Waals surface area contributed by atoms with E-state index in [0.717, 1.165) is 31.5 Å². The van der Waals surface area contributed by atoms with E-state index in [-0.39, 0.29) is 6.04 Å². The van der Waals surface area contributed by atoms with Gasteiger partial charge in [-0.3, -0.25) is 0 Å². The first-order chi connectivity index (χ1) is 9.92. The molecule has 1 aromatic carbocycles. The van der Waals surface area contributed by atoms with Gasteiger partial charge in [-0.05, 0) is 50.4 Å². The second-order valence-electron chi connectivity index (χ2n) is 5.30. The van der Waals surface area contributed by atoms with Crippen molar-refractivity contribution in [3.63, 3.8) is 0 Å².